The van der Waals surface area contributed by atoms with Crippen molar-refractivity contribution in [3.05, 3.63) is 12.2 Å². The zero-order valence-corrected chi connectivity index (χ0v) is 21.4. The third-order valence-electron chi connectivity index (χ3n) is 8.28. The van der Waals surface area contributed by atoms with Gasteiger partial charge in [0.1, 0.15) is 11.6 Å². The van der Waals surface area contributed by atoms with Gasteiger partial charge in [-0.15, -0.1) is 0 Å². The van der Waals surface area contributed by atoms with Gasteiger partial charge in [-0.1, -0.05) is 45.3 Å². The lowest BCUT2D eigenvalue weighted by molar-refractivity contribution is -0.147. The molecule has 2 rings (SSSR count). The summed E-state index contributed by atoms with van der Waals surface area (Å²) in [6.45, 7) is 7.31. The SMILES string of the molecule is CC(CCC[C@H](C)C(=O)O)C1CCC(C=CC2CCC(CCCCC(C)(C)C(=O)O)C2=O)C1=O. The summed E-state index contributed by atoms with van der Waals surface area (Å²) in [5, 5.41) is 18.2. The van der Waals surface area contributed by atoms with Gasteiger partial charge in [0.2, 0.25) is 0 Å². The zero-order valence-electron chi connectivity index (χ0n) is 21.4. The first kappa shape index (κ1) is 28.3. The Hall–Kier alpha value is -1.98. The maximum absolute atomic E-state index is 12.9. The third-order valence-corrected chi connectivity index (χ3v) is 8.28. The van der Waals surface area contributed by atoms with Gasteiger partial charge >= 0.3 is 11.9 Å². The molecule has 2 aliphatic carbocycles. The molecule has 2 aliphatic rings. The molecule has 0 radical (unpaired) electrons. The smallest absolute Gasteiger partial charge is 0.309 e. The Kier molecular flexibility index (Phi) is 10.5. The summed E-state index contributed by atoms with van der Waals surface area (Å²) in [6, 6.07) is 0. The highest BCUT2D eigenvalue weighted by atomic mass is 16.4. The molecule has 6 heteroatoms. The van der Waals surface area contributed by atoms with Gasteiger partial charge < -0.3 is 10.2 Å². The number of carboxylic acids is 2. The summed E-state index contributed by atoms with van der Waals surface area (Å²) in [5.41, 5.74) is -0.717. The van der Waals surface area contributed by atoms with Crippen LogP contribution in [0.4, 0.5) is 0 Å². The maximum Gasteiger partial charge on any atom is 0.309 e. The lowest BCUT2D eigenvalue weighted by atomic mass is 9.85. The van der Waals surface area contributed by atoms with Gasteiger partial charge in [-0.25, -0.2) is 0 Å². The molecule has 0 saturated heterocycles. The van der Waals surface area contributed by atoms with Crippen molar-refractivity contribution >= 4 is 23.5 Å². The van der Waals surface area contributed by atoms with E-state index in [1.807, 2.05) is 12.2 Å². The fourth-order valence-electron chi connectivity index (χ4n) is 5.52. The van der Waals surface area contributed by atoms with Gasteiger partial charge in [0, 0.05) is 23.7 Å². The molecular weight excluding hydrogens is 432 g/mol. The van der Waals surface area contributed by atoms with E-state index < -0.39 is 17.4 Å². The first-order valence-electron chi connectivity index (χ1n) is 13.2. The Morgan fingerprint density at radius 3 is 2.15 bits per heavy atom. The molecule has 0 amide bonds. The molecule has 0 heterocycles. The Morgan fingerprint density at radius 1 is 0.912 bits per heavy atom. The van der Waals surface area contributed by atoms with Crippen LogP contribution in [0.5, 0.6) is 0 Å². The number of carbonyl (C=O) groups is 4. The van der Waals surface area contributed by atoms with Crippen LogP contribution in [0.1, 0.15) is 98.3 Å². The minimum absolute atomic E-state index is 0.0388. The Morgan fingerprint density at radius 2 is 1.53 bits per heavy atom. The summed E-state index contributed by atoms with van der Waals surface area (Å²) in [7, 11) is 0. The molecule has 2 saturated carbocycles. The fraction of sp³-hybridized carbons (Fsp3) is 0.786. The average Bonchev–Trinajstić information content (AvgIpc) is 3.31. The molecule has 34 heavy (non-hydrogen) atoms. The molecule has 6 atom stereocenters. The van der Waals surface area contributed by atoms with Gasteiger partial charge in [-0.05, 0) is 71.1 Å². The molecule has 0 aromatic carbocycles. The van der Waals surface area contributed by atoms with Crippen LogP contribution >= 0.6 is 0 Å². The van der Waals surface area contributed by atoms with E-state index in [4.69, 9.17) is 5.11 Å². The summed E-state index contributed by atoms with van der Waals surface area (Å²) in [6.07, 6.45) is 12.8. The predicted molar refractivity (Wildman–Crippen MR) is 131 cm³/mol. The van der Waals surface area contributed by atoms with Crippen LogP contribution in [-0.4, -0.2) is 33.7 Å². The highest BCUT2D eigenvalue weighted by Crippen LogP contribution is 2.37. The van der Waals surface area contributed by atoms with Crippen molar-refractivity contribution in [1.29, 1.82) is 0 Å². The third kappa shape index (κ3) is 7.78. The Balaban J connectivity index is 1.75. The first-order valence-corrected chi connectivity index (χ1v) is 13.2. The van der Waals surface area contributed by atoms with Crippen LogP contribution in [-0.2, 0) is 19.2 Å². The van der Waals surface area contributed by atoms with Crippen molar-refractivity contribution in [2.45, 2.75) is 98.3 Å². The lowest BCUT2D eigenvalue weighted by Gasteiger charge is -2.19. The van der Waals surface area contributed by atoms with E-state index in [1.165, 1.54) is 0 Å². The van der Waals surface area contributed by atoms with E-state index in [9.17, 15) is 24.3 Å². The molecule has 192 valence electrons. The van der Waals surface area contributed by atoms with Gasteiger partial charge in [0.15, 0.2) is 0 Å². The standard InChI is InChI=1S/C28H44O6/c1-18(8-7-9-19(2)26(31)32)23-16-15-22(25(23)30)14-13-21-12-11-20(24(21)29)10-5-6-17-28(3,4)27(33)34/h13-14,18-23H,5-12,15-17H2,1-4H3,(H,31,32)(H,33,34)/t18?,19-,20?,21?,22?,23?/m0/s1. The predicted octanol–water partition coefficient (Wildman–Crippen LogP) is 5.93. The van der Waals surface area contributed by atoms with Crippen molar-refractivity contribution in [3.63, 3.8) is 0 Å². The van der Waals surface area contributed by atoms with E-state index in [1.54, 1.807) is 20.8 Å². The molecule has 0 spiro atoms. The van der Waals surface area contributed by atoms with Crippen molar-refractivity contribution in [3.8, 4) is 0 Å². The van der Waals surface area contributed by atoms with Crippen molar-refractivity contribution < 1.29 is 29.4 Å². The second-order valence-corrected chi connectivity index (χ2v) is 11.4. The monoisotopic (exact) mass is 476 g/mol. The van der Waals surface area contributed by atoms with Gasteiger partial charge in [0.25, 0.3) is 0 Å². The summed E-state index contributed by atoms with van der Waals surface area (Å²) < 4.78 is 0. The summed E-state index contributed by atoms with van der Waals surface area (Å²) in [4.78, 5) is 47.9. The minimum atomic E-state index is -0.777. The second kappa shape index (κ2) is 12.6. The molecule has 2 fully saturated rings. The van der Waals surface area contributed by atoms with Crippen molar-refractivity contribution in [2.24, 2.45) is 40.9 Å². The van der Waals surface area contributed by atoms with Gasteiger partial charge in [0.05, 0.1) is 11.3 Å². The minimum Gasteiger partial charge on any atom is -0.481 e. The number of rotatable bonds is 14. The molecule has 0 aliphatic heterocycles. The lowest BCUT2D eigenvalue weighted by Crippen LogP contribution is -2.23. The number of carboxylic acid groups (broad SMARTS) is 2. The van der Waals surface area contributed by atoms with Crippen LogP contribution in [0.2, 0.25) is 0 Å². The average molecular weight is 477 g/mol. The van der Waals surface area contributed by atoms with Crippen LogP contribution in [0.15, 0.2) is 12.2 Å². The number of ketones is 2. The van der Waals surface area contributed by atoms with Crippen molar-refractivity contribution in [1.82, 2.24) is 0 Å². The molecule has 0 bridgehead atoms. The topological polar surface area (TPSA) is 109 Å². The molecule has 6 nitrogen and oxygen atoms in total. The first-order chi connectivity index (χ1) is 15.9. The van der Waals surface area contributed by atoms with Crippen LogP contribution in [0, 0.1) is 40.9 Å². The fourth-order valence-corrected chi connectivity index (χ4v) is 5.52. The molecular formula is C28H44O6. The van der Waals surface area contributed by atoms with Gasteiger partial charge in [-0.2, -0.15) is 0 Å². The van der Waals surface area contributed by atoms with E-state index in [0.29, 0.717) is 12.8 Å². The highest BCUT2D eigenvalue weighted by Gasteiger charge is 2.37. The quantitative estimate of drug-likeness (QED) is 0.237. The zero-order chi connectivity index (χ0) is 25.5. The van der Waals surface area contributed by atoms with E-state index >= 15 is 0 Å². The van der Waals surface area contributed by atoms with E-state index in [2.05, 4.69) is 6.92 Å². The summed E-state index contributed by atoms with van der Waals surface area (Å²) in [5.74, 6) is -1.17. The van der Waals surface area contributed by atoms with Crippen molar-refractivity contribution in [2.75, 3.05) is 0 Å². The van der Waals surface area contributed by atoms with Gasteiger partial charge in [-0.3, -0.25) is 19.2 Å². The number of allylic oxidation sites excluding steroid dienone is 2. The molecule has 5 unspecified atom stereocenters. The number of unbranched alkanes of at least 4 members (excludes halogenated alkanes) is 1. The van der Waals surface area contributed by atoms with Crippen LogP contribution in [0.25, 0.3) is 0 Å². The second-order valence-electron chi connectivity index (χ2n) is 11.4. The van der Waals surface area contributed by atoms with Crippen LogP contribution < -0.4 is 0 Å². The van der Waals surface area contributed by atoms with Crippen LogP contribution in [0.3, 0.4) is 0 Å². The number of carbonyl (C=O) groups excluding carboxylic acids is 2. The maximum atomic E-state index is 12.9. The normalized spacial score (nSPS) is 27.4. The largest absolute Gasteiger partial charge is 0.481 e. The Labute approximate surface area is 204 Å². The molecule has 2 N–H and O–H groups in total. The van der Waals surface area contributed by atoms with E-state index in [-0.39, 0.29) is 47.1 Å². The molecule has 0 aromatic heterocycles. The number of hydrogen-bond donors (Lipinski definition) is 2. The highest BCUT2D eigenvalue weighted by molar-refractivity contribution is 5.89. The molecule has 0 aromatic rings. The number of aliphatic carboxylic acids is 2. The summed E-state index contributed by atoms with van der Waals surface area (Å²) >= 11 is 0. The Bertz CT molecular complexity index is 767. The number of Topliss-reactive ketones (excluding diaryl/α,β-unsaturated/α-hetero) is 2. The van der Waals surface area contributed by atoms with E-state index in [0.717, 1.165) is 57.8 Å². The number of hydrogen-bond acceptors (Lipinski definition) is 4.